The maximum Gasteiger partial charge on any atom is 0.191 e. The number of thioether (sulfide) groups is 1. The lowest BCUT2D eigenvalue weighted by molar-refractivity contribution is 0.102. The summed E-state index contributed by atoms with van der Waals surface area (Å²) in [6.07, 6.45) is -0.343. The first-order chi connectivity index (χ1) is 15.3. The molecule has 0 bridgehead atoms. The van der Waals surface area contributed by atoms with Crippen molar-refractivity contribution >= 4 is 40.7 Å². The second-order valence-corrected chi connectivity index (χ2v) is 9.41. The van der Waals surface area contributed by atoms with Crippen LogP contribution < -0.4 is 9.47 Å². The maximum absolute atomic E-state index is 12.7. The van der Waals surface area contributed by atoms with E-state index >= 15 is 0 Å². The van der Waals surface area contributed by atoms with Gasteiger partial charge in [-0.15, -0.1) is 10.2 Å². The summed E-state index contributed by atoms with van der Waals surface area (Å²) in [5, 5.41) is 10.2. The van der Waals surface area contributed by atoms with E-state index in [-0.39, 0.29) is 17.6 Å². The van der Waals surface area contributed by atoms with Gasteiger partial charge < -0.3 is 14.0 Å². The van der Waals surface area contributed by atoms with Gasteiger partial charge in [0.05, 0.1) is 17.9 Å². The van der Waals surface area contributed by atoms with E-state index in [0.29, 0.717) is 50.6 Å². The average Bonchev–Trinajstić information content (AvgIpc) is 3.14. The van der Waals surface area contributed by atoms with Gasteiger partial charge >= 0.3 is 0 Å². The topological polar surface area (TPSA) is 66.2 Å². The molecule has 1 aromatic heterocycles. The third-order valence-electron chi connectivity index (χ3n) is 4.57. The molecule has 0 radical (unpaired) electrons. The Hall–Kier alpha value is -2.22. The van der Waals surface area contributed by atoms with E-state index in [1.54, 1.807) is 25.3 Å². The summed E-state index contributed by atoms with van der Waals surface area (Å²) in [6.45, 7) is 6.86. The van der Waals surface area contributed by atoms with Crippen molar-refractivity contribution in [2.24, 2.45) is 5.92 Å². The molecular weight excluding hydrogens is 469 g/mol. The molecule has 0 aliphatic rings. The van der Waals surface area contributed by atoms with E-state index in [1.807, 2.05) is 35.8 Å². The number of ketones is 1. The van der Waals surface area contributed by atoms with Crippen LogP contribution in [-0.2, 0) is 6.54 Å². The molecule has 0 spiro atoms. The molecule has 0 saturated carbocycles. The molecule has 170 valence electrons. The number of aromatic nitrogens is 3. The van der Waals surface area contributed by atoms with Gasteiger partial charge in [-0.25, -0.2) is 0 Å². The van der Waals surface area contributed by atoms with Crippen LogP contribution in [0.2, 0.25) is 10.0 Å². The second kappa shape index (κ2) is 11.1. The maximum atomic E-state index is 12.7. The van der Waals surface area contributed by atoms with Gasteiger partial charge in [-0.2, -0.15) is 0 Å². The summed E-state index contributed by atoms with van der Waals surface area (Å²) in [5.41, 5.74) is 0.438. The van der Waals surface area contributed by atoms with Crippen LogP contribution in [-0.4, -0.2) is 33.4 Å². The van der Waals surface area contributed by atoms with Crippen molar-refractivity contribution in [2.75, 3.05) is 12.9 Å². The van der Waals surface area contributed by atoms with Crippen molar-refractivity contribution in [2.45, 2.75) is 38.6 Å². The number of Topliss-reactive ketones (excluding diaryl/α,β-unsaturated/α-hetero) is 1. The Labute approximate surface area is 202 Å². The number of carbonyl (C=O) groups excluding carboxylic acids is 1. The monoisotopic (exact) mass is 493 g/mol. The van der Waals surface area contributed by atoms with Crippen LogP contribution in [0, 0.1) is 5.92 Å². The zero-order chi connectivity index (χ0) is 23.3. The number of nitrogens with zero attached hydrogens (tertiary/aromatic N) is 3. The minimum atomic E-state index is -0.343. The Morgan fingerprint density at radius 3 is 2.53 bits per heavy atom. The third kappa shape index (κ3) is 6.18. The first-order valence-corrected chi connectivity index (χ1v) is 11.9. The second-order valence-electron chi connectivity index (χ2n) is 7.62. The number of hydrogen-bond acceptors (Lipinski definition) is 6. The van der Waals surface area contributed by atoms with E-state index < -0.39 is 0 Å². The number of rotatable bonds is 10. The van der Waals surface area contributed by atoms with Gasteiger partial charge in [0.15, 0.2) is 22.9 Å². The average molecular weight is 494 g/mol. The fraction of sp³-hybridized carbons (Fsp3) is 0.348. The predicted molar refractivity (Wildman–Crippen MR) is 128 cm³/mol. The molecule has 0 N–H and O–H groups in total. The molecule has 0 saturated heterocycles. The zero-order valence-electron chi connectivity index (χ0n) is 18.3. The van der Waals surface area contributed by atoms with Crippen molar-refractivity contribution in [1.29, 1.82) is 0 Å². The standard InChI is InChI=1S/C23H25Cl2N3O3S/c1-14(2)12-28-22(15(3)31-18-7-5-6-17(11-18)30-4)26-27-23(28)32-13-21(29)19-9-8-16(24)10-20(19)25/h5-11,14-15H,12-13H2,1-4H3. The molecule has 0 aliphatic heterocycles. The van der Waals surface area contributed by atoms with Gasteiger partial charge in [-0.1, -0.05) is 54.9 Å². The molecule has 9 heteroatoms. The van der Waals surface area contributed by atoms with Crippen molar-refractivity contribution in [1.82, 2.24) is 14.8 Å². The molecule has 0 aliphatic carbocycles. The van der Waals surface area contributed by atoms with Gasteiger partial charge in [0.25, 0.3) is 0 Å². The fourth-order valence-electron chi connectivity index (χ4n) is 3.10. The number of carbonyl (C=O) groups is 1. The van der Waals surface area contributed by atoms with Crippen LogP contribution in [0.25, 0.3) is 0 Å². The van der Waals surface area contributed by atoms with Crippen LogP contribution in [0.15, 0.2) is 47.6 Å². The molecule has 0 amide bonds. The van der Waals surface area contributed by atoms with Gasteiger partial charge in [0.2, 0.25) is 0 Å². The number of hydrogen-bond donors (Lipinski definition) is 0. The molecule has 0 fully saturated rings. The predicted octanol–water partition coefficient (Wildman–Crippen LogP) is 6.36. The third-order valence-corrected chi connectivity index (χ3v) is 6.09. The van der Waals surface area contributed by atoms with Crippen molar-refractivity contribution in [3.63, 3.8) is 0 Å². The van der Waals surface area contributed by atoms with Crippen molar-refractivity contribution in [3.05, 3.63) is 63.9 Å². The lowest BCUT2D eigenvalue weighted by Gasteiger charge is -2.18. The highest BCUT2D eigenvalue weighted by Gasteiger charge is 2.22. The summed E-state index contributed by atoms with van der Waals surface area (Å²) in [7, 11) is 1.61. The summed E-state index contributed by atoms with van der Waals surface area (Å²) < 4.78 is 13.4. The van der Waals surface area contributed by atoms with Gasteiger partial charge in [0, 0.05) is 23.2 Å². The van der Waals surface area contributed by atoms with Crippen LogP contribution in [0.1, 0.15) is 43.1 Å². The summed E-state index contributed by atoms with van der Waals surface area (Å²) in [4.78, 5) is 12.7. The van der Waals surface area contributed by atoms with Crippen molar-refractivity contribution < 1.29 is 14.3 Å². The molecular formula is C23H25Cl2N3O3S. The zero-order valence-corrected chi connectivity index (χ0v) is 20.7. The van der Waals surface area contributed by atoms with E-state index in [4.69, 9.17) is 32.7 Å². The highest BCUT2D eigenvalue weighted by Crippen LogP contribution is 2.29. The molecule has 1 heterocycles. The quantitative estimate of drug-likeness (QED) is 0.241. The lowest BCUT2D eigenvalue weighted by Crippen LogP contribution is -2.15. The molecule has 2 aromatic carbocycles. The van der Waals surface area contributed by atoms with Crippen molar-refractivity contribution in [3.8, 4) is 11.5 Å². The van der Waals surface area contributed by atoms with Gasteiger partial charge in [-0.05, 0) is 43.2 Å². The van der Waals surface area contributed by atoms with E-state index in [1.165, 1.54) is 11.8 Å². The highest BCUT2D eigenvalue weighted by atomic mass is 35.5. The minimum Gasteiger partial charge on any atom is -0.497 e. The highest BCUT2D eigenvalue weighted by molar-refractivity contribution is 7.99. The smallest absolute Gasteiger partial charge is 0.191 e. The Kier molecular flexibility index (Phi) is 8.45. The number of ether oxygens (including phenoxy) is 2. The van der Waals surface area contributed by atoms with Gasteiger partial charge in [-0.3, -0.25) is 4.79 Å². The number of benzene rings is 2. The molecule has 32 heavy (non-hydrogen) atoms. The van der Waals surface area contributed by atoms with Crippen LogP contribution in [0.5, 0.6) is 11.5 Å². The lowest BCUT2D eigenvalue weighted by atomic mass is 10.1. The summed E-state index contributed by atoms with van der Waals surface area (Å²) in [6, 6.07) is 12.3. The van der Waals surface area contributed by atoms with E-state index in [2.05, 4.69) is 24.0 Å². The SMILES string of the molecule is COc1cccc(OC(C)c2nnc(SCC(=O)c3ccc(Cl)cc3Cl)n2CC(C)C)c1. The summed E-state index contributed by atoms with van der Waals surface area (Å²) in [5.74, 6) is 2.53. The molecule has 3 aromatic rings. The Morgan fingerprint density at radius 2 is 1.84 bits per heavy atom. The Morgan fingerprint density at radius 1 is 1.09 bits per heavy atom. The van der Waals surface area contributed by atoms with Crippen LogP contribution in [0.3, 0.4) is 0 Å². The molecule has 1 unspecified atom stereocenters. The van der Waals surface area contributed by atoms with E-state index in [9.17, 15) is 4.79 Å². The normalized spacial score (nSPS) is 12.1. The number of halogens is 2. The number of methoxy groups -OCH3 is 1. The largest absolute Gasteiger partial charge is 0.497 e. The van der Waals surface area contributed by atoms with Gasteiger partial charge in [0.1, 0.15) is 11.5 Å². The Bertz CT molecular complexity index is 1090. The minimum absolute atomic E-state index is 0.0991. The first-order valence-electron chi connectivity index (χ1n) is 10.1. The summed E-state index contributed by atoms with van der Waals surface area (Å²) >= 11 is 13.4. The Balaban J connectivity index is 1.77. The first kappa shape index (κ1) is 24.4. The molecule has 1 atom stereocenters. The van der Waals surface area contributed by atoms with E-state index in [0.717, 1.165) is 0 Å². The molecule has 6 nitrogen and oxygen atoms in total. The fourth-order valence-corrected chi connectivity index (χ4v) is 4.45. The van der Waals surface area contributed by atoms with Crippen LogP contribution >= 0.6 is 35.0 Å². The van der Waals surface area contributed by atoms with Crippen LogP contribution in [0.4, 0.5) is 0 Å². The molecule has 3 rings (SSSR count).